The van der Waals surface area contributed by atoms with Crippen molar-refractivity contribution in [2.24, 2.45) is 0 Å². The summed E-state index contributed by atoms with van der Waals surface area (Å²) in [4.78, 5) is 12.0. The van der Waals surface area contributed by atoms with Crippen LogP contribution in [-0.2, 0) is 6.61 Å². The van der Waals surface area contributed by atoms with Gasteiger partial charge in [-0.15, -0.1) is 0 Å². The maximum Gasteiger partial charge on any atom is 0.336 e. The van der Waals surface area contributed by atoms with Gasteiger partial charge in [0.25, 0.3) is 0 Å². The zero-order valence-electron chi connectivity index (χ0n) is 14.1. The van der Waals surface area contributed by atoms with Gasteiger partial charge >= 0.3 is 5.63 Å². The van der Waals surface area contributed by atoms with E-state index >= 15 is 0 Å². The predicted octanol–water partition coefficient (Wildman–Crippen LogP) is 6.35. The van der Waals surface area contributed by atoms with Crippen molar-refractivity contribution in [3.8, 4) is 16.9 Å². The minimum atomic E-state index is -0.426. The summed E-state index contributed by atoms with van der Waals surface area (Å²) in [6.45, 7) is 0.300. The van der Waals surface area contributed by atoms with Crippen LogP contribution in [-0.4, -0.2) is 0 Å². The molecule has 0 aliphatic heterocycles. The van der Waals surface area contributed by atoms with Gasteiger partial charge < -0.3 is 9.15 Å². The topological polar surface area (TPSA) is 39.4 Å². The zero-order valence-corrected chi connectivity index (χ0v) is 15.6. The Morgan fingerprint density at radius 2 is 1.70 bits per heavy atom. The van der Waals surface area contributed by atoms with Crippen LogP contribution < -0.4 is 10.4 Å². The van der Waals surface area contributed by atoms with Crippen LogP contribution in [0.1, 0.15) is 5.56 Å². The largest absolute Gasteiger partial charge is 0.487 e. The second kappa shape index (κ2) is 7.47. The Kier molecular flexibility index (Phi) is 4.88. The number of hydrogen-bond acceptors (Lipinski definition) is 3. The first kappa shape index (κ1) is 17.7. The first-order valence-electron chi connectivity index (χ1n) is 8.30. The molecule has 4 aromatic rings. The Labute approximate surface area is 165 Å². The average molecular weight is 397 g/mol. The van der Waals surface area contributed by atoms with E-state index < -0.39 is 5.63 Å². The summed E-state index contributed by atoms with van der Waals surface area (Å²) >= 11 is 12.4. The number of halogens is 2. The van der Waals surface area contributed by atoms with Crippen molar-refractivity contribution >= 4 is 34.2 Å². The smallest absolute Gasteiger partial charge is 0.336 e. The normalized spacial score (nSPS) is 10.9. The maximum atomic E-state index is 12.0. The van der Waals surface area contributed by atoms with Crippen molar-refractivity contribution in [2.75, 3.05) is 0 Å². The molecule has 1 heterocycles. The van der Waals surface area contributed by atoms with E-state index in [1.165, 1.54) is 6.07 Å². The van der Waals surface area contributed by atoms with E-state index in [1.807, 2.05) is 48.5 Å². The van der Waals surface area contributed by atoms with Crippen LogP contribution in [0.15, 0.2) is 82.0 Å². The SMILES string of the molecule is O=c1cc(-c2ccccc2)c2cc(Cl)c(OCc3cccc(Cl)c3)cc2o1. The lowest BCUT2D eigenvalue weighted by Gasteiger charge is -2.11. The molecule has 0 atom stereocenters. The zero-order chi connectivity index (χ0) is 18.8. The van der Waals surface area contributed by atoms with Gasteiger partial charge in [0.15, 0.2) is 0 Å². The van der Waals surface area contributed by atoms with E-state index in [0.29, 0.717) is 28.0 Å². The first-order valence-corrected chi connectivity index (χ1v) is 9.06. The number of ether oxygens (including phenoxy) is 1. The van der Waals surface area contributed by atoms with Crippen LogP contribution in [0.3, 0.4) is 0 Å². The van der Waals surface area contributed by atoms with Gasteiger partial charge in [0.2, 0.25) is 0 Å². The van der Waals surface area contributed by atoms with Crippen LogP contribution in [0, 0.1) is 0 Å². The molecule has 27 heavy (non-hydrogen) atoms. The molecule has 3 nitrogen and oxygen atoms in total. The van der Waals surface area contributed by atoms with Gasteiger partial charge in [-0.2, -0.15) is 0 Å². The molecular formula is C22H14Cl2O3. The van der Waals surface area contributed by atoms with E-state index in [1.54, 1.807) is 18.2 Å². The van der Waals surface area contributed by atoms with Crippen molar-refractivity contribution in [3.05, 3.63) is 98.8 Å². The average Bonchev–Trinajstić information content (AvgIpc) is 2.67. The minimum Gasteiger partial charge on any atom is -0.487 e. The number of hydrogen-bond donors (Lipinski definition) is 0. The number of benzene rings is 3. The molecule has 0 fully saturated rings. The van der Waals surface area contributed by atoms with Gasteiger partial charge in [0.05, 0.1) is 5.02 Å². The van der Waals surface area contributed by atoms with Crippen molar-refractivity contribution in [1.29, 1.82) is 0 Å². The second-order valence-corrected chi connectivity index (χ2v) is 6.89. The van der Waals surface area contributed by atoms with E-state index in [9.17, 15) is 4.79 Å². The Bertz CT molecular complexity index is 1170. The third kappa shape index (κ3) is 3.85. The molecule has 0 N–H and O–H groups in total. The third-order valence-electron chi connectivity index (χ3n) is 4.17. The van der Waals surface area contributed by atoms with Crippen LogP contribution >= 0.6 is 23.2 Å². The summed E-state index contributed by atoms with van der Waals surface area (Å²) in [5.74, 6) is 0.442. The fourth-order valence-corrected chi connectivity index (χ4v) is 3.35. The van der Waals surface area contributed by atoms with Crippen molar-refractivity contribution in [2.45, 2.75) is 6.61 Å². The molecule has 0 saturated carbocycles. The highest BCUT2D eigenvalue weighted by molar-refractivity contribution is 6.33. The number of rotatable bonds is 4. The highest BCUT2D eigenvalue weighted by Crippen LogP contribution is 2.35. The molecule has 134 valence electrons. The van der Waals surface area contributed by atoms with Gasteiger partial charge in [0.1, 0.15) is 17.9 Å². The Morgan fingerprint density at radius 3 is 2.48 bits per heavy atom. The Balaban J connectivity index is 1.74. The Hall–Kier alpha value is -2.75. The fourth-order valence-electron chi connectivity index (χ4n) is 2.92. The standard InChI is InChI=1S/C22H14Cl2O3/c23-16-8-4-5-14(9-16)13-26-21-12-20-18(10-19(21)24)17(11-22(25)27-20)15-6-2-1-3-7-15/h1-12H,13H2. The van der Waals surface area contributed by atoms with E-state index in [0.717, 1.165) is 22.1 Å². The van der Waals surface area contributed by atoms with Crippen molar-refractivity contribution in [1.82, 2.24) is 0 Å². The van der Waals surface area contributed by atoms with Gasteiger partial charge in [-0.25, -0.2) is 4.79 Å². The van der Waals surface area contributed by atoms with E-state index in [2.05, 4.69) is 0 Å². The number of fused-ring (bicyclic) bond motifs is 1. The lowest BCUT2D eigenvalue weighted by atomic mass is 10.0. The molecule has 0 saturated heterocycles. The van der Waals surface area contributed by atoms with Crippen molar-refractivity contribution in [3.63, 3.8) is 0 Å². The molecule has 1 aromatic heterocycles. The molecule has 0 amide bonds. The molecule has 0 unspecified atom stereocenters. The first-order chi connectivity index (χ1) is 13.1. The lowest BCUT2D eigenvalue weighted by Crippen LogP contribution is -2.00. The lowest BCUT2D eigenvalue weighted by molar-refractivity contribution is 0.306. The molecule has 4 rings (SSSR count). The van der Waals surface area contributed by atoms with Gasteiger partial charge in [0, 0.05) is 22.5 Å². The second-order valence-electron chi connectivity index (χ2n) is 6.04. The fraction of sp³-hybridized carbons (Fsp3) is 0.0455. The Morgan fingerprint density at radius 1 is 0.889 bits per heavy atom. The molecule has 0 radical (unpaired) electrons. The molecule has 0 aliphatic carbocycles. The molecule has 3 aromatic carbocycles. The molecule has 5 heteroatoms. The summed E-state index contributed by atoms with van der Waals surface area (Å²) in [6, 6.07) is 21.9. The van der Waals surface area contributed by atoms with Gasteiger partial charge in [-0.05, 0) is 34.9 Å². The maximum absolute atomic E-state index is 12.0. The molecule has 0 spiro atoms. The van der Waals surface area contributed by atoms with Gasteiger partial charge in [-0.3, -0.25) is 0 Å². The molecule has 0 aliphatic rings. The predicted molar refractivity (Wildman–Crippen MR) is 109 cm³/mol. The summed E-state index contributed by atoms with van der Waals surface area (Å²) in [5, 5.41) is 1.83. The van der Waals surface area contributed by atoms with E-state index in [4.69, 9.17) is 32.4 Å². The van der Waals surface area contributed by atoms with Crippen LogP contribution in [0.2, 0.25) is 10.0 Å². The summed E-state index contributed by atoms with van der Waals surface area (Å²) in [6.07, 6.45) is 0. The van der Waals surface area contributed by atoms with Gasteiger partial charge in [-0.1, -0.05) is 65.7 Å². The summed E-state index contributed by atoms with van der Waals surface area (Å²) in [5.41, 5.74) is 2.60. The van der Waals surface area contributed by atoms with Crippen LogP contribution in [0.25, 0.3) is 22.1 Å². The molecule has 0 bridgehead atoms. The summed E-state index contributed by atoms with van der Waals surface area (Å²) in [7, 11) is 0. The third-order valence-corrected chi connectivity index (χ3v) is 4.70. The van der Waals surface area contributed by atoms with Crippen LogP contribution in [0.4, 0.5) is 0 Å². The van der Waals surface area contributed by atoms with Crippen LogP contribution in [0.5, 0.6) is 5.75 Å². The summed E-state index contributed by atoms with van der Waals surface area (Å²) < 4.78 is 11.2. The minimum absolute atomic E-state index is 0.300. The highest BCUT2D eigenvalue weighted by Gasteiger charge is 2.12. The van der Waals surface area contributed by atoms with Crippen molar-refractivity contribution < 1.29 is 9.15 Å². The highest BCUT2D eigenvalue weighted by atomic mass is 35.5. The van der Waals surface area contributed by atoms with E-state index in [-0.39, 0.29) is 0 Å². The quantitative estimate of drug-likeness (QED) is 0.377. The monoisotopic (exact) mass is 396 g/mol. The molecular weight excluding hydrogens is 383 g/mol.